The van der Waals surface area contributed by atoms with Gasteiger partial charge >= 0.3 is 0 Å². The molecule has 3 rings (SSSR count). The van der Waals surface area contributed by atoms with E-state index in [2.05, 4.69) is 9.88 Å². The fraction of sp³-hybridized carbons (Fsp3) is 0.444. The van der Waals surface area contributed by atoms with Crippen LogP contribution in [0.5, 0.6) is 0 Å². The molecule has 2 aromatic rings. The number of anilines is 1. The number of carbonyl (C=O) groups excluding carboxylic acids is 1. The molecule has 0 bridgehead atoms. The Balaban J connectivity index is 1.90. The molecule has 1 saturated heterocycles. The molecule has 4 nitrogen and oxygen atoms in total. The first-order valence-corrected chi connectivity index (χ1v) is 8.25. The van der Waals surface area contributed by atoms with E-state index in [1.165, 1.54) is 6.07 Å². The summed E-state index contributed by atoms with van der Waals surface area (Å²) >= 11 is 0. The Morgan fingerprint density at radius 1 is 1.17 bits per heavy atom. The summed E-state index contributed by atoms with van der Waals surface area (Å²) in [7, 11) is 0. The lowest BCUT2D eigenvalue weighted by molar-refractivity contribution is -0.134. The number of hydrogen-bond donors (Lipinski definition) is 0. The molecular formula is C18H21F2N3O. The molecule has 128 valence electrons. The van der Waals surface area contributed by atoms with Crippen LogP contribution in [0.2, 0.25) is 0 Å². The van der Waals surface area contributed by atoms with Crippen molar-refractivity contribution in [1.82, 2.24) is 9.88 Å². The van der Waals surface area contributed by atoms with Gasteiger partial charge in [-0.05, 0) is 18.6 Å². The molecule has 1 aromatic heterocycles. The third kappa shape index (κ3) is 3.18. The highest BCUT2D eigenvalue weighted by Crippen LogP contribution is 2.28. The van der Waals surface area contributed by atoms with Crippen molar-refractivity contribution in [3.63, 3.8) is 0 Å². The van der Waals surface area contributed by atoms with Gasteiger partial charge in [-0.1, -0.05) is 13.8 Å². The first-order chi connectivity index (χ1) is 11.5. The third-order valence-electron chi connectivity index (χ3n) is 4.38. The molecule has 1 amide bonds. The summed E-state index contributed by atoms with van der Waals surface area (Å²) in [5, 5.41) is 0.471. The first-order valence-electron chi connectivity index (χ1n) is 8.25. The maximum atomic E-state index is 14.0. The van der Waals surface area contributed by atoms with Crippen molar-refractivity contribution in [2.75, 3.05) is 31.1 Å². The summed E-state index contributed by atoms with van der Waals surface area (Å²) in [5.41, 5.74) is 0.936. The van der Waals surface area contributed by atoms with Crippen LogP contribution in [-0.2, 0) is 4.79 Å². The number of aromatic nitrogens is 1. The highest BCUT2D eigenvalue weighted by Gasteiger charge is 2.22. The molecule has 1 aliphatic heterocycles. The van der Waals surface area contributed by atoms with E-state index in [9.17, 15) is 13.6 Å². The number of rotatable bonds is 2. The number of hydrogen-bond acceptors (Lipinski definition) is 3. The van der Waals surface area contributed by atoms with Crippen LogP contribution in [-0.4, -0.2) is 42.0 Å². The van der Waals surface area contributed by atoms with E-state index in [4.69, 9.17) is 0 Å². The molecule has 0 aliphatic carbocycles. The van der Waals surface area contributed by atoms with E-state index >= 15 is 0 Å². The summed E-state index contributed by atoms with van der Waals surface area (Å²) in [6.07, 6.45) is 2.36. The summed E-state index contributed by atoms with van der Waals surface area (Å²) < 4.78 is 27.6. The summed E-state index contributed by atoms with van der Waals surface area (Å²) in [6, 6.07) is 3.95. The van der Waals surface area contributed by atoms with Gasteiger partial charge < -0.3 is 9.80 Å². The van der Waals surface area contributed by atoms with Crippen molar-refractivity contribution in [2.24, 2.45) is 5.92 Å². The average Bonchev–Trinajstić information content (AvgIpc) is 2.79. The predicted molar refractivity (Wildman–Crippen MR) is 89.9 cm³/mol. The number of benzene rings is 1. The molecule has 0 radical (unpaired) electrons. The van der Waals surface area contributed by atoms with Crippen molar-refractivity contribution in [1.29, 1.82) is 0 Å². The minimum atomic E-state index is -0.654. The average molecular weight is 333 g/mol. The van der Waals surface area contributed by atoms with Gasteiger partial charge in [-0.3, -0.25) is 9.78 Å². The summed E-state index contributed by atoms with van der Waals surface area (Å²) in [6.45, 7) is 6.48. The van der Waals surface area contributed by atoms with Gasteiger partial charge in [0.2, 0.25) is 5.91 Å². The maximum Gasteiger partial charge on any atom is 0.225 e. The monoisotopic (exact) mass is 333 g/mol. The maximum absolute atomic E-state index is 14.0. The van der Waals surface area contributed by atoms with E-state index in [-0.39, 0.29) is 17.3 Å². The van der Waals surface area contributed by atoms with Crippen LogP contribution in [0, 0.1) is 17.6 Å². The van der Waals surface area contributed by atoms with Crippen molar-refractivity contribution < 1.29 is 13.6 Å². The molecule has 0 N–H and O–H groups in total. The summed E-state index contributed by atoms with van der Waals surface area (Å²) in [5.74, 6) is -1.14. The van der Waals surface area contributed by atoms with E-state index < -0.39 is 11.6 Å². The van der Waals surface area contributed by atoms with Crippen LogP contribution >= 0.6 is 0 Å². The minimum absolute atomic E-state index is 0.0264. The lowest BCUT2D eigenvalue weighted by Crippen LogP contribution is -2.37. The third-order valence-corrected chi connectivity index (χ3v) is 4.38. The van der Waals surface area contributed by atoms with Crippen LogP contribution in [0.4, 0.5) is 14.5 Å². The van der Waals surface area contributed by atoms with Crippen molar-refractivity contribution >= 4 is 22.5 Å². The number of fused-ring (bicyclic) bond motifs is 1. The molecular weight excluding hydrogens is 312 g/mol. The van der Waals surface area contributed by atoms with Crippen LogP contribution in [0.1, 0.15) is 20.3 Å². The number of amides is 1. The zero-order valence-electron chi connectivity index (χ0n) is 13.9. The van der Waals surface area contributed by atoms with Crippen LogP contribution < -0.4 is 4.90 Å². The fourth-order valence-electron chi connectivity index (χ4n) is 3.18. The fourth-order valence-corrected chi connectivity index (χ4v) is 3.18. The van der Waals surface area contributed by atoms with Gasteiger partial charge in [0.1, 0.15) is 11.3 Å². The Labute approximate surface area is 140 Å². The number of pyridine rings is 1. The van der Waals surface area contributed by atoms with Gasteiger partial charge in [-0.2, -0.15) is 0 Å². The molecule has 2 heterocycles. The highest BCUT2D eigenvalue weighted by atomic mass is 19.1. The van der Waals surface area contributed by atoms with E-state index in [0.29, 0.717) is 25.0 Å². The van der Waals surface area contributed by atoms with Crippen LogP contribution in [0.15, 0.2) is 24.4 Å². The Kier molecular flexibility index (Phi) is 4.64. The van der Waals surface area contributed by atoms with E-state index in [1.807, 2.05) is 18.7 Å². The highest BCUT2D eigenvalue weighted by molar-refractivity contribution is 5.92. The second-order valence-corrected chi connectivity index (χ2v) is 6.43. The lowest BCUT2D eigenvalue weighted by Gasteiger charge is -2.25. The van der Waals surface area contributed by atoms with Crippen molar-refractivity contribution in [2.45, 2.75) is 20.3 Å². The standard InChI is InChI=1S/C18H21F2N3O/c1-12(2)18(24)23-7-3-6-22(8-9-23)16-4-5-21-17-14(16)10-13(19)11-15(17)20/h4-5,10-12H,3,6-9H2,1-2H3. The molecule has 0 unspecified atom stereocenters. The zero-order valence-corrected chi connectivity index (χ0v) is 13.9. The second kappa shape index (κ2) is 6.71. The SMILES string of the molecule is CC(C)C(=O)N1CCCN(c2ccnc3c(F)cc(F)cc23)CC1. The first kappa shape index (κ1) is 16.6. The molecule has 6 heteroatoms. The topological polar surface area (TPSA) is 36.4 Å². The normalized spacial score (nSPS) is 15.9. The summed E-state index contributed by atoms with van der Waals surface area (Å²) in [4.78, 5) is 20.2. The van der Waals surface area contributed by atoms with Gasteiger partial charge in [0, 0.05) is 55.4 Å². The molecule has 1 aliphatic rings. The van der Waals surface area contributed by atoms with Gasteiger partial charge in [0.05, 0.1) is 0 Å². The zero-order chi connectivity index (χ0) is 17.3. The predicted octanol–water partition coefficient (Wildman–Crippen LogP) is 3.21. The Morgan fingerprint density at radius 3 is 2.71 bits per heavy atom. The smallest absolute Gasteiger partial charge is 0.225 e. The molecule has 24 heavy (non-hydrogen) atoms. The molecule has 0 spiro atoms. The van der Waals surface area contributed by atoms with E-state index in [0.717, 1.165) is 24.7 Å². The van der Waals surface area contributed by atoms with Crippen molar-refractivity contribution in [3.8, 4) is 0 Å². The van der Waals surface area contributed by atoms with Gasteiger partial charge in [0.15, 0.2) is 5.82 Å². The van der Waals surface area contributed by atoms with Crippen molar-refractivity contribution in [3.05, 3.63) is 36.0 Å². The second-order valence-electron chi connectivity index (χ2n) is 6.43. The number of halogens is 2. The van der Waals surface area contributed by atoms with Gasteiger partial charge in [-0.25, -0.2) is 8.78 Å². The largest absolute Gasteiger partial charge is 0.369 e. The minimum Gasteiger partial charge on any atom is -0.369 e. The van der Waals surface area contributed by atoms with E-state index in [1.54, 1.807) is 12.3 Å². The van der Waals surface area contributed by atoms with Gasteiger partial charge in [0.25, 0.3) is 0 Å². The quantitative estimate of drug-likeness (QED) is 0.847. The molecule has 1 aromatic carbocycles. The number of nitrogens with zero attached hydrogens (tertiary/aromatic N) is 3. The van der Waals surface area contributed by atoms with Crippen LogP contribution in [0.3, 0.4) is 0 Å². The number of carbonyl (C=O) groups is 1. The Morgan fingerprint density at radius 2 is 1.96 bits per heavy atom. The molecule has 0 atom stereocenters. The molecule has 0 saturated carbocycles. The Bertz CT molecular complexity index is 763. The lowest BCUT2D eigenvalue weighted by atomic mass is 10.1. The Hall–Kier alpha value is -2.24. The molecule has 1 fully saturated rings. The van der Waals surface area contributed by atoms with Gasteiger partial charge in [-0.15, -0.1) is 0 Å². The van der Waals surface area contributed by atoms with Crippen LogP contribution in [0.25, 0.3) is 10.9 Å².